The van der Waals surface area contributed by atoms with Crippen LogP contribution in [0.1, 0.15) is 18.1 Å². The van der Waals surface area contributed by atoms with Gasteiger partial charge in [0.25, 0.3) is 0 Å². The molecule has 0 amide bonds. The highest BCUT2D eigenvalue weighted by Crippen LogP contribution is 2.36. The van der Waals surface area contributed by atoms with Crippen molar-refractivity contribution in [3.63, 3.8) is 0 Å². The molecule has 168 valence electrons. The lowest BCUT2D eigenvalue weighted by molar-refractivity contribution is -0.137. The summed E-state index contributed by atoms with van der Waals surface area (Å²) in [6, 6.07) is 19.0. The van der Waals surface area contributed by atoms with E-state index >= 15 is 0 Å². The number of ether oxygens (including phenoxy) is 1. The molecule has 4 aromatic rings. The van der Waals surface area contributed by atoms with Crippen molar-refractivity contribution in [1.82, 2.24) is 4.98 Å². The van der Waals surface area contributed by atoms with Gasteiger partial charge in [-0.05, 0) is 53.9 Å². The van der Waals surface area contributed by atoms with Crippen LogP contribution in [0.25, 0.3) is 33.3 Å². The van der Waals surface area contributed by atoms with E-state index in [9.17, 15) is 19.6 Å². The number of anilines is 1. The van der Waals surface area contributed by atoms with Gasteiger partial charge in [0.05, 0.1) is 23.5 Å². The van der Waals surface area contributed by atoms with Crippen LogP contribution >= 0.6 is 0 Å². The van der Waals surface area contributed by atoms with Crippen LogP contribution in [0.3, 0.4) is 0 Å². The Labute approximate surface area is 195 Å². The van der Waals surface area contributed by atoms with Crippen molar-refractivity contribution < 1.29 is 19.0 Å². The summed E-state index contributed by atoms with van der Waals surface area (Å²) < 4.78 is 19.6. The molecule has 34 heavy (non-hydrogen) atoms. The van der Waals surface area contributed by atoms with Gasteiger partial charge in [-0.2, -0.15) is 5.26 Å². The maximum absolute atomic E-state index is 14.0. The van der Waals surface area contributed by atoms with Crippen LogP contribution in [0.4, 0.5) is 10.1 Å². The fraction of sp³-hybridized carbons (Fsp3) is 0.148. The molecule has 7 heteroatoms. The van der Waals surface area contributed by atoms with Crippen LogP contribution in [-0.2, 0) is 11.2 Å². The Kier molecular flexibility index (Phi) is 5.34. The highest BCUT2D eigenvalue weighted by Gasteiger charge is 2.21. The summed E-state index contributed by atoms with van der Waals surface area (Å²) in [5, 5.41) is 22.6. The number of rotatable bonds is 5. The van der Waals surface area contributed by atoms with Crippen molar-refractivity contribution in [1.29, 1.82) is 5.26 Å². The molecule has 1 aromatic heterocycles. The number of halogens is 1. The zero-order valence-electron chi connectivity index (χ0n) is 18.3. The lowest BCUT2D eigenvalue weighted by Gasteiger charge is -2.17. The van der Waals surface area contributed by atoms with E-state index in [0.29, 0.717) is 28.8 Å². The minimum absolute atomic E-state index is 0.161. The molecule has 5 rings (SSSR count). The molecular formula is C27H20FN3O3. The molecular weight excluding hydrogens is 433 g/mol. The molecule has 1 atom stereocenters. The molecule has 0 radical (unpaired) electrons. The summed E-state index contributed by atoms with van der Waals surface area (Å²) in [7, 11) is 0. The fourth-order valence-electron chi connectivity index (χ4n) is 4.17. The minimum atomic E-state index is -1.09. The van der Waals surface area contributed by atoms with Crippen LogP contribution in [0.5, 0.6) is 5.75 Å². The number of carbonyl (C=O) groups is 1. The van der Waals surface area contributed by atoms with E-state index in [1.165, 1.54) is 30.7 Å². The van der Waals surface area contributed by atoms with Crippen LogP contribution in [-0.4, -0.2) is 28.7 Å². The van der Waals surface area contributed by atoms with E-state index in [1.54, 1.807) is 0 Å². The van der Waals surface area contributed by atoms with E-state index in [0.717, 1.165) is 23.3 Å². The number of nitrogens with one attached hydrogen (secondary N) is 1. The normalized spacial score (nSPS) is 13.1. The van der Waals surface area contributed by atoms with Gasteiger partial charge < -0.3 is 15.2 Å². The molecule has 2 heterocycles. The fourth-order valence-corrected chi connectivity index (χ4v) is 4.17. The van der Waals surface area contributed by atoms with E-state index in [4.69, 9.17) is 4.74 Å². The van der Waals surface area contributed by atoms with Gasteiger partial charge in [-0.3, -0.25) is 4.79 Å². The predicted octanol–water partition coefficient (Wildman–Crippen LogP) is 5.40. The van der Waals surface area contributed by atoms with Crippen LogP contribution in [0, 0.1) is 17.1 Å². The zero-order chi connectivity index (χ0) is 23.8. The molecule has 1 aliphatic rings. The number of benzene rings is 3. The first kappa shape index (κ1) is 21.4. The highest BCUT2D eigenvalue weighted by atomic mass is 19.1. The number of nitriles is 1. The molecule has 0 saturated carbocycles. The first-order valence-corrected chi connectivity index (χ1v) is 10.8. The third-order valence-electron chi connectivity index (χ3n) is 5.97. The number of carboxylic acids is 1. The number of hydrogen-bond acceptors (Lipinski definition) is 5. The van der Waals surface area contributed by atoms with Crippen molar-refractivity contribution in [3.05, 3.63) is 77.6 Å². The van der Waals surface area contributed by atoms with Gasteiger partial charge in [0, 0.05) is 17.4 Å². The number of aromatic nitrogens is 1. The minimum Gasteiger partial charge on any atom is -0.493 e. The van der Waals surface area contributed by atoms with Crippen LogP contribution < -0.4 is 10.1 Å². The topological polar surface area (TPSA) is 95.2 Å². The largest absolute Gasteiger partial charge is 0.493 e. The molecule has 6 nitrogen and oxygen atoms in total. The molecule has 2 N–H and O–H groups in total. The predicted molar refractivity (Wildman–Crippen MR) is 127 cm³/mol. The summed E-state index contributed by atoms with van der Waals surface area (Å²) >= 11 is 0. The lowest BCUT2D eigenvalue weighted by atomic mass is 9.97. The van der Waals surface area contributed by atoms with Gasteiger partial charge in [0.15, 0.2) is 0 Å². The van der Waals surface area contributed by atoms with E-state index in [1.807, 2.05) is 36.4 Å². The quantitative estimate of drug-likeness (QED) is 0.420. The number of carboxylic acid groups (broad SMARTS) is 1. The SMILES string of the molecule is CC(Nc1c(C#N)c(-c2ccc(-c3ccc4c(c3)CCO4)cc2)nc2ccc(F)cc12)C(=O)O. The third-order valence-corrected chi connectivity index (χ3v) is 5.97. The van der Waals surface area contributed by atoms with Crippen molar-refractivity contribution in [3.8, 4) is 34.2 Å². The third kappa shape index (κ3) is 3.80. The van der Waals surface area contributed by atoms with Gasteiger partial charge >= 0.3 is 5.97 Å². The molecule has 1 unspecified atom stereocenters. The smallest absolute Gasteiger partial charge is 0.325 e. The summed E-state index contributed by atoms with van der Waals surface area (Å²) in [5.74, 6) is -0.663. The van der Waals surface area contributed by atoms with Gasteiger partial charge in [-0.1, -0.05) is 30.3 Å². The standard InChI is InChI=1S/C27H20FN3O3/c1-15(27(32)33)30-26-21-13-20(28)7-8-23(21)31-25(22(26)14-29)17-4-2-16(3-5-17)18-6-9-24-19(12-18)10-11-34-24/h2-9,12-13,15H,10-11H2,1H3,(H,30,31)(H,32,33). The number of pyridine rings is 1. The van der Waals surface area contributed by atoms with E-state index in [-0.39, 0.29) is 11.3 Å². The van der Waals surface area contributed by atoms with Crippen molar-refractivity contribution >= 4 is 22.6 Å². The van der Waals surface area contributed by atoms with Gasteiger partial charge in [0.2, 0.25) is 0 Å². The van der Waals surface area contributed by atoms with Gasteiger partial charge in [0.1, 0.15) is 29.2 Å². The highest BCUT2D eigenvalue weighted by molar-refractivity contribution is 5.99. The second-order valence-electron chi connectivity index (χ2n) is 8.19. The number of hydrogen-bond donors (Lipinski definition) is 2. The van der Waals surface area contributed by atoms with Gasteiger partial charge in [-0.25, -0.2) is 9.37 Å². The Balaban J connectivity index is 1.61. The summed E-state index contributed by atoms with van der Waals surface area (Å²) in [5.41, 5.74) is 5.22. The van der Waals surface area contributed by atoms with E-state index < -0.39 is 17.8 Å². The molecule has 0 fully saturated rings. The first-order valence-electron chi connectivity index (χ1n) is 10.8. The Morgan fingerprint density at radius 2 is 1.85 bits per heavy atom. The van der Waals surface area contributed by atoms with Gasteiger partial charge in [-0.15, -0.1) is 0 Å². The molecule has 0 aliphatic carbocycles. The summed E-state index contributed by atoms with van der Waals surface area (Å²) in [4.78, 5) is 16.1. The van der Waals surface area contributed by atoms with E-state index in [2.05, 4.69) is 22.4 Å². The first-order chi connectivity index (χ1) is 16.4. The lowest BCUT2D eigenvalue weighted by Crippen LogP contribution is -2.26. The molecule has 0 spiro atoms. The van der Waals surface area contributed by atoms with Crippen molar-refractivity contribution in [2.75, 3.05) is 11.9 Å². The maximum Gasteiger partial charge on any atom is 0.325 e. The van der Waals surface area contributed by atoms with Crippen molar-refractivity contribution in [2.24, 2.45) is 0 Å². The molecule has 0 bridgehead atoms. The van der Waals surface area contributed by atoms with Crippen LogP contribution in [0.15, 0.2) is 60.7 Å². The Bertz CT molecular complexity index is 1480. The summed E-state index contributed by atoms with van der Waals surface area (Å²) in [6.45, 7) is 2.16. The molecule has 3 aromatic carbocycles. The number of aliphatic carboxylic acids is 1. The summed E-state index contributed by atoms with van der Waals surface area (Å²) in [6.07, 6.45) is 0.888. The Hall–Kier alpha value is -4.44. The second-order valence-corrected chi connectivity index (χ2v) is 8.19. The number of fused-ring (bicyclic) bond motifs is 2. The second kappa shape index (κ2) is 8.49. The maximum atomic E-state index is 14.0. The Morgan fingerprint density at radius 3 is 2.59 bits per heavy atom. The molecule has 0 saturated heterocycles. The monoisotopic (exact) mass is 453 g/mol. The molecule has 1 aliphatic heterocycles. The van der Waals surface area contributed by atoms with Crippen molar-refractivity contribution in [2.45, 2.75) is 19.4 Å². The Morgan fingerprint density at radius 1 is 1.12 bits per heavy atom. The average Bonchev–Trinajstić information content (AvgIpc) is 3.32. The average molecular weight is 453 g/mol. The van der Waals surface area contributed by atoms with Crippen LogP contribution in [0.2, 0.25) is 0 Å². The number of nitrogens with zero attached hydrogens (tertiary/aromatic N) is 2. The zero-order valence-corrected chi connectivity index (χ0v) is 18.3.